The Kier molecular flexibility index (Phi) is 4.62. The van der Waals surface area contributed by atoms with E-state index in [9.17, 15) is 4.79 Å². The molecule has 0 aromatic heterocycles. The van der Waals surface area contributed by atoms with Crippen molar-refractivity contribution in [3.05, 3.63) is 0 Å². The molecule has 0 spiro atoms. The molecule has 3 atom stereocenters. The first kappa shape index (κ1) is 13.8. The highest BCUT2D eigenvalue weighted by molar-refractivity contribution is 5.79. The van der Waals surface area contributed by atoms with Gasteiger partial charge in [0.1, 0.15) is 0 Å². The Morgan fingerprint density at radius 1 is 1.17 bits per heavy atom. The van der Waals surface area contributed by atoms with Crippen LogP contribution in [0.5, 0.6) is 0 Å². The predicted octanol–water partition coefficient (Wildman–Crippen LogP) is 1.07. The van der Waals surface area contributed by atoms with E-state index in [1.54, 1.807) is 0 Å². The second-order valence-electron chi connectivity index (χ2n) is 5.95. The van der Waals surface area contributed by atoms with Crippen LogP contribution in [-0.2, 0) is 4.79 Å². The van der Waals surface area contributed by atoms with E-state index in [-0.39, 0.29) is 0 Å². The molecule has 0 saturated carbocycles. The van der Waals surface area contributed by atoms with Gasteiger partial charge in [0.05, 0.1) is 6.54 Å². The van der Waals surface area contributed by atoms with Gasteiger partial charge in [-0.3, -0.25) is 9.69 Å². The van der Waals surface area contributed by atoms with Crippen molar-refractivity contribution in [3.8, 4) is 0 Å². The van der Waals surface area contributed by atoms with Gasteiger partial charge in [0.25, 0.3) is 0 Å². The Labute approximate surface area is 111 Å². The van der Waals surface area contributed by atoms with Crippen LogP contribution >= 0.6 is 0 Å². The molecular formula is C14H27N3O. The fourth-order valence-electron chi connectivity index (χ4n) is 3.29. The summed E-state index contributed by atoms with van der Waals surface area (Å²) in [6.45, 7) is 10.2. The first-order chi connectivity index (χ1) is 8.59. The van der Waals surface area contributed by atoms with Crippen molar-refractivity contribution in [1.82, 2.24) is 15.1 Å². The van der Waals surface area contributed by atoms with Crippen molar-refractivity contribution >= 4 is 5.91 Å². The number of carbonyl (C=O) groups excluding carboxylic acids is 1. The molecule has 104 valence electrons. The Balaban J connectivity index is 1.93. The Hall–Kier alpha value is -0.610. The number of piperazine rings is 1. The molecule has 0 aromatic rings. The number of rotatable bonds is 2. The largest absolute Gasteiger partial charge is 0.336 e. The standard InChI is InChI=1S/C14H27N3O/c1-11-5-4-6-12(2)17(11)14(18)10-16-8-7-15-9-13(16)3/h11-13,15H,4-10H2,1-3H3. The van der Waals surface area contributed by atoms with Gasteiger partial charge in [-0.15, -0.1) is 0 Å². The average Bonchev–Trinajstić information content (AvgIpc) is 2.32. The Bertz CT molecular complexity index is 285. The van der Waals surface area contributed by atoms with Gasteiger partial charge in [-0.1, -0.05) is 0 Å². The van der Waals surface area contributed by atoms with Crippen LogP contribution in [0.2, 0.25) is 0 Å². The van der Waals surface area contributed by atoms with Gasteiger partial charge in [-0.25, -0.2) is 0 Å². The molecule has 3 unspecified atom stereocenters. The third kappa shape index (κ3) is 3.04. The maximum absolute atomic E-state index is 12.5. The monoisotopic (exact) mass is 253 g/mol. The lowest BCUT2D eigenvalue weighted by Gasteiger charge is -2.41. The highest BCUT2D eigenvalue weighted by Gasteiger charge is 2.30. The van der Waals surface area contributed by atoms with E-state index >= 15 is 0 Å². The van der Waals surface area contributed by atoms with E-state index in [4.69, 9.17) is 0 Å². The van der Waals surface area contributed by atoms with E-state index in [0.29, 0.717) is 30.6 Å². The number of likely N-dealkylation sites (tertiary alicyclic amines) is 1. The zero-order valence-electron chi connectivity index (χ0n) is 12.0. The van der Waals surface area contributed by atoms with Gasteiger partial charge in [-0.2, -0.15) is 0 Å². The summed E-state index contributed by atoms with van der Waals surface area (Å²) in [6.07, 6.45) is 3.58. The molecular weight excluding hydrogens is 226 g/mol. The summed E-state index contributed by atoms with van der Waals surface area (Å²) < 4.78 is 0. The average molecular weight is 253 g/mol. The SMILES string of the molecule is CC1CNCCN1CC(=O)N1C(C)CCCC1C. The summed E-state index contributed by atoms with van der Waals surface area (Å²) in [5.41, 5.74) is 0. The minimum atomic E-state index is 0.323. The van der Waals surface area contributed by atoms with E-state index in [2.05, 4.69) is 35.9 Å². The molecule has 2 aliphatic rings. The molecule has 2 saturated heterocycles. The molecule has 4 heteroatoms. The van der Waals surface area contributed by atoms with Crippen molar-refractivity contribution in [2.24, 2.45) is 0 Å². The van der Waals surface area contributed by atoms with E-state index in [1.807, 2.05) is 0 Å². The lowest BCUT2D eigenvalue weighted by molar-refractivity contribution is -0.139. The number of hydrogen-bond donors (Lipinski definition) is 1. The number of nitrogens with zero attached hydrogens (tertiary/aromatic N) is 2. The maximum atomic E-state index is 12.5. The second-order valence-corrected chi connectivity index (χ2v) is 5.95. The molecule has 2 heterocycles. The molecule has 0 aromatic carbocycles. The van der Waals surface area contributed by atoms with Crippen molar-refractivity contribution in [2.75, 3.05) is 26.2 Å². The summed E-state index contributed by atoms with van der Waals surface area (Å²) in [7, 11) is 0. The van der Waals surface area contributed by atoms with Gasteiger partial charge in [0.15, 0.2) is 0 Å². The van der Waals surface area contributed by atoms with Gasteiger partial charge in [0.2, 0.25) is 5.91 Å². The van der Waals surface area contributed by atoms with Gasteiger partial charge in [0, 0.05) is 37.8 Å². The highest BCUT2D eigenvalue weighted by atomic mass is 16.2. The summed E-state index contributed by atoms with van der Waals surface area (Å²) in [5, 5.41) is 3.37. The number of hydrogen-bond acceptors (Lipinski definition) is 3. The lowest BCUT2D eigenvalue weighted by Crippen LogP contribution is -2.56. The predicted molar refractivity (Wildman–Crippen MR) is 73.5 cm³/mol. The van der Waals surface area contributed by atoms with Crippen LogP contribution in [-0.4, -0.2) is 60.0 Å². The summed E-state index contributed by atoms with van der Waals surface area (Å²) >= 11 is 0. The van der Waals surface area contributed by atoms with E-state index in [0.717, 1.165) is 32.5 Å². The number of carbonyl (C=O) groups is 1. The fourth-order valence-corrected chi connectivity index (χ4v) is 3.29. The Morgan fingerprint density at radius 2 is 1.83 bits per heavy atom. The van der Waals surface area contributed by atoms with Gasteiger partial charge < -0.3 is 10.2 Å². The molecule has 1 N–H and O–H groups in total. The van der Waals surface area contributed by atoms with Crippen LogP contribution in [0.4, 0.5) is 0 Å². The molecule has 0 aliphatic carbocycles. The first-order valence-electron chi connectivity index (χ1n) is 7.35. The first-order valence-corrected chi connectivity index (χ1v) is 7.35. The van der Waals surface area contributed by atoms with E-state index in [1.165, 1.54) is 6.42 Å². The summed E-state index contributed by atoms with van der Waals surface area (Å²) in [6, 6.07) is 1.30. The molecule has 0 radical (unpaired) electrons. The van der Waals surface area contributed by atoms with Crippen LogP contribution < -0.4 is 5.32 Å². The van der Waals surface area contributed by atoms with Gasteiger partial charge >= 0.3 is 0 Å². The van der Waals surface area contributed by atoms with Crippen LogP contribution in [0, 0.1) is 0 Å². The minimum absolute atomic E-state index is 0.323. The molecule has 4 nitrogen and oxygen atoms in total. The lowest BCUT2D eigenvalue weighted by atomic mass is 9.97. The molecule has 18 heavy (non-hydrogen) atoms. The van der Waals surface area contributed by atoms with Crippen molar-refractivity contribution in [2.45, 2.75) is 58.2 Å². The third-order valence-electron chi connectivity index (χ3n) is 4.46. The maximum Gasteiger partial charge on any atom is 0.237 e. The molecule has 1 amide bonds. The second kappa shape index (κ2) is 6.02. The molecule has 2 rings (SSSR count). The number of nitrogens with one attached hydrogen (secondary N) is 1. The summed E-state index contributed by atoms with van der Waals surface area (Å²) in [4.78, 5) is 16.9. The van der Waals surface area contributed by atoms with Crippen LogP contribution in [0.3, 0.4) is 0 Å². The smallest absolute Gasteiger partial charge is 0.237 e. The quantitative estimate of drug-likeness (QED) is 0.799. The van der Waals surface area contributed by atoms with Crippen LogP contribution in [0.1, 0.15) is 40.0 Å². The third-order valence-corrected chi connectivity index (χ3v) is 4.46. The minimum Gasteiger partial charge on any atom is -0.336 e. The van der Waals surface area contributed by atoms with Gasteiger partial charge in [-0.05, 0) is 40.0 Å². The summed E-state index contributed by atoms with van der Waals surface area (Å²) in [5.74, 6) is 0.323. The van der Waals surface area contributed by atoms with Crippen molar-refractivity contribution < 1.29 is 4.79 Å². The normalized spacial score (nSPS) is 34.6. The Morgan fingerprint density at radius 3 is 2.44 bits per heavy atom. The van der Waals surface area contributed by atoms with Crippen LogP contribution in [0.15, 0.2) is 0 Å². The molecule has 2 aliphatic heterocycles. The van der Waals surface area contributed by atoms with Crippen LogP contribution in [0.25, 0.3) is 0 Å². The number of piperidine rings is 1. The number of amides is 1. The van der Waals surface area contributed by atoms with E-state index < -0.39 is 0 Å². The highest BCUT2D eigenvalue weighted by Crippen LogP contribution is 2.22. The zero-order chi connectivity index (χ0) is 13.1. The fraction of sp³-hybridized carbons (Fsp3) is 0.929. The van der Waals surface area contributed by atoms with Crippen molar-refractivity contribution in [1.29, 1.82) is 0 Å². The zero-order valence-corrected chi connectivity index (χ0v) is 12.0. The topological polar surface area (TPSA) is 35.6 Å². The molecule has 0 bridgehead atoms. The molecule has 2 fully saturated rings. The van der Waals surface area contributed by atoms with Crippen molar-refractivity contribution in [3.63, 3.8) is 0 Å².